The van der Waals surface area contributed by atoms with E-state index in [0.29, 0.717) is 13.1 Å². The number of hydrogen-bond donors (Lipinski definition) is 2. The van der Waals surface area contributed by atoms with Crippen LogP contribution < -0.4 is 10.2 Å². The van der Waals surface area contributed by atoms with E-state index in [-0.39, 0.29) is 12.4 Å². The van der Waals surface area contributed by atoms with E-state index in [4.69, 9.17) is 5.11 Å². The Bertz CT molecular complexity index is 428. The summed E-state index contributed by atoms with van der Waals surface area (Å²) in [5.74, 6) is -0.145. The van der Waals surface area contributed by atoms with Crippen molar-refractivity contribution >= 4 is 5.69 Å². The fourth-order valence-electron chi connectivity index (χ4n) is 2.81. The van der Waals surface area contributed by atoms with E-state index in [1.165, 1.54) is 6.07 Å². The molecular formula is C15H24FN3O. The van der Waals surface area contributed by atoms with Crippen LogP contribution in [0.5, 0.6) is 0 Å². The monoisotopic (exact) mass is 281 g/mol. The fraction of sp³-hybridized carbons (Fsp3) is 0.600. The number of anilines is 1. The zero-order valence-corrected chi connectivity index (χ0v) is 12.1. The molecule has 1 aliphatic rings. The quantitative estimate of drug-likeness (QED) is 0.846. The van der Waals surface area contributed by atoms with Gasteiger partial charge in [0.15, 0.2) is 0 Å². The molecule has 0 aromatic heterocycles. The fourth-order valence-corrected chi connectivity index (χ4v) is 2.81. The number of benzene rings is 1. The first-order valence-corrected chi connectivity index (χ1v) is 7.26. The van der Waals surface area contributed by atoms with Gasteiger partial charge in [0.1, 0.15) is 5.82 Å². The lowest BCUT2D eigenvalue weighted by Gasteiger charge is -2.26. The minimum absolute atomic E-state index is 0.145. The first-order valence-electron chi connectivity index (χ1n) is 7.26. The van der Waals surface area contributed by atoms with Gasteiger partial charge in [0.05, 0.1) is 12.3 Å². The third kappa shape index (κ3) is 3.69. The molecule has 1 fully saturated rings. The summed E-state index contributed by atoms with van der Waals surface area (Å²) in [6, 6.07) is 5.28. The maximum Gasteiger partial charge on any atom is 0.146 e. The highest BCUT2D eigenvalue weighted by Gasteiger charge is 2.19. The van der Waals surface area contributed by atoms with Crippen molar-refractivity contribution < 1.29 is 9.50 Å². The average Bonchev–Trinajstić information content (AvgIpc) is 2.66. The molecule has 0 radical (unpaired) electrons. The zero-order valence-electron chi connectivity index (χ0n) is 12.1. The highest BCUT2D eigenvalue weighted by atomic mass is 19.1. The first-order chi connectivity index (χ1) is 9.76. The predicted octanol–water partition coefficient (Wildman–Crippen LogP) is 1.05. The van der Waals surface area contributed by atoms with Crippen LogP contribution in [0.1, 0.15) is 12.0 Å². The first kappa shape index (κ1) is 15.2. The Morgan fingerprint density at radius 3 is 2.85 bits per heavy atom. The lowest BCUT2D eigenvalue weighted by Crippen LogP contribution is -2.33. The minimum atomic E-state index is -0.145. The maximum atomic E-state index is 14.2. The van der Waals surface area contributed by atoms with Crippen LogP contribution in [0.25, 0.3) is 0 Å². The summed E-state index contributed by atoms with van der Waals surface area (Å²) in [6.45, 7) is 5.06. The van der Waals surface area contributed by atoms with E-state index in [0.717, 1.165) is 43.9 Å². The molecule has 20 heavy (non-hydrogen) atoms. The Hall–Kier alpha value is -1.17. The highest BCUT2D eigenvalue weighted by Crippen LogP contribution is 2.25. The molecule has 1 aromatic carbocycles. The van der Waals surface area contributed by atoms with Gasteiger partial charge in [-0.15, -0.1) is 0 Å². The Kier molecular flexibility index (Phi) is 5.76. The van der Waals surface area contributed by atoms with Gasteiger partial charge in [0.2, 0.25) is 0 Å². The predicted molar refractivity (Wildman–Crippen MR) is 79.5 cm³/mol. The van der Waals surface area contributed by atoms with E-state index in [9.17, 15) is 4.39 Å². The van der Waals surface area contributed by atoms with Crippen LogP contribution in [0.15, 0.2) is 18.2 Å². The van der Waals surface area contributed by atoms with Gasteiger partial charge < -0.3 is 15.3 Å². The Labute approximate surface area is 120 Å². The van der Waals surface area contributed by atoms with Gasteiger partial charge in [0, 0.05) is 32.7 Å². The van der Waals surface area contributed by atoms with Crippen LogP contribution in [0.4, 0.5) is 10.1 Å². The summed E-state index contributed by atoms with van der Waals surface area (Å²) in [4.78, 5) is 4.37. The number of aliphatic hydroxyl groups excluding tert-OH is 1. The summed E-state index contributed by atoms with van der Waals surface area (Å²) < 4.78 is 14.2. The van der Waals surface area contributed by atoms with E-state index in [1.54, 1.807) is 6.07 Å². The molecule has 0 atom stereocenters. The van der Waals surface area contributed by atoms with Gasteiger partial charge >= 0.3 is 0 Å². The van der Waals surface area contributed by atoms with E-state index >= 15 is 0 Å². The summed E-state index contributed by atoms with van der Waals surface area (Å²) >= 11 is 0. The molecule has 0 bridgehead atoms. The average molecular weight is 281 g/mol. The van der Waals surface area contributed by atoms with Crippen LogP contribution in [0.3, 0.4) is 0 Å². The Morgan fingerprint density at radius 1 is 1.25 bits per heavy atom. The number of hydrogen-bond acceptors (Lipinski definition) is 4. The minimum Gasteiger partial charge on any atom is -0.395 e. The molecule has 1 heterocycles. The second-order valence-corrected chi connectivity index (χ2v) is 5.18. The van der Waals surface area contributed by atoms with Gasteiger partial charge in [-0.1, -0.05) is 12.1 Å². The normalized spacial score (nSPS) is 17.2. The number of nitrogens with zero attached hydrogens (tertiary/aromatic N) is 2. The van der Waals surface area contributed by atoms with Gasteiger partial charge in [-0.05, 0) is 31.6 Å². The molecule has 0 unspecified atom stereocenters. The van der Waals surface area contributed by atoms with Crippen molar-refractivity contribution in [2.75, 3.05) is 51.3 Å². The van der Waals surface area contributed by atoms with Crippen LogP contribution in [0.2, 0.25) is 0 Å². The molecular weight excluding hydrogens is 257 g/mol. The largest absolute Gasteiger partial charge is 0.395 e. The number of aliphatic hydroxyl groups is 1. The van der Waals surface area contributed by atoms with Crippen LogP contribution in [0, 0.1) is 5.82 Å². The summed E-state index contributed by atoms with van der Waals surface area (Å²) in [5, 5.41) is 12.1. The molecule has 0 amide bonds. The third-order valence-electron chi connectivity index (χ3n) is 3.76. The second kappa shape index (κ2) is 7.57. The summed E-state index contributed by atoms with van der Waals surface area (Å²) in [6.07, 6.45) is 0.993. The number of para-hydroxylation sites is 1. The Balaban J connectivity index is 2.14. The molecule has 4 nitrogen and oxygen atoms in total. The molecule has 1 saturated heterocycles. The molecule has 112 valence electrons. The van der Waals surface area contributed by atoms with Gasteiger partial charge in [-0.25, -0.2) is 4.39 Å². The molecule has 1 aromatic rings. The van der Waals surface area contributed by atoms with E-state index in [1.807, 2.05) is 13.1 Å². The molecule has 5 heteroatoms. The number of halogens is 1. The molecule has 2 rings (SSSR count). The maximum absolute atomic E-state index is 14.2. The van der Waals surface area contributed by atoms with Crippen molar-refractivity contribution in [3.63, 3.8) is 0 Å². The molecule has 0 aliphatic carbocycles. The van der Waals surface area contributed by atoms with Crippen LogP contribution >= 0.6 is 0 Å². The van der Waals surface area contributed by atoms with Crippen molar-refractivity contribution in [2.45, 2.75) is 13.0 Å². The van der Waals surface area contributed by atoms with Gasteiger partial charge in [-0.3, -0.25) is 4.90 Å². The molecule has 0 spiro atoms. The smallest absolute Gasteiger partial charge is 0.146 e. The lowest BCUT2D eigenvalue weighted by atomic mass is 10.1. The number of rotatable bonds is 5. The van der Waals surface area contributed by atoms with E-state index in [2.05, 4.69) is 15.1 Å². The van der Waals surface area contributed by atoms with Crippen molar-refractivity contribution in [3.8, 4) is 0 Å². The second-order valence-electron chi connectivity index (χ2n) is 5.18. The molecule has 0 saturated carbocycles. The molecule has 1 aliphatic heterocycles. The SMILES string of the molecule is CNCc1cccc(F)c1N1CCCN(CCO)CC1. The lowest BCUT2D eigenvalue weighted by molar-refractivity contribution is 0.204. The van der Waals surface area contributed by atoms with E-state index < -0.39 is 0 Å². The highest BCUT2D eigenvalue weighted by molar-refractivity contribution is 5.55. The summed E-state index contributed by atoms with van der Waals surface area (Å²) in [7, 11) is 1.88. The van der Waals surface area contributed by atoms with Crippen LogP contribution in [-0.2, 0) is 6.54 Å². The van der Waals surface area contributed by atoms with Gasteiger partial charge in [0.25, 0.3) is 0 Å². The number of β-amino-alcohol motifs (C(OH)–C–C–N with tert-alkyl or cyclic N) is 1. The molecule has 2 N–H and O–H groups in total. The Morgan fingerprint density at radius 2 is 2.10 bits per heavy atom. The zero-order chi connectivity index (χ0) is 14.4. The van der Waals surface area contributed by atoms with Crippen molar-refractivity contribution in [1.82, 2.24) is 10.2 Å². The van der Waals surface area contributed by atoms with Crippen molar-refractivity contribution in [3.05, 3.63) is 29.6 Å². The van der Waals surface area contributed by atoms with Crippen LogP contribution in [-0.4, -0.2) is 56.4 Å². The third-order valence-corrected chi connectivity index (χ3v) is 3.76. The summed E-state index contributed by atoms with van der Waals surface area (Å²) in [5.41, 5.74) is 1.73. The van der Waals surface area contributed by atoms with Crippen molar-refractivity contribution in [2.24, 2.45) is 0 Å². The standard InChI is InChI=1S/C15H24FN3O/c1-17-12-13-4-2-5-14(16)15(13)19-7-3-6-18(8-9-19)10-11-20/h2,4-5,17,20H,3,6-12H2,1H3. The van der Waals surface area contributed by atoms with Crippen molar-refractivity contribution in [1.29, 1.82) is 0 Å². The number of nitrogens with one attached hydrogen (secondary N) is 1. The van der Waals surface area contributed by atoms with Gasteiger partial charge in [-0.2, -0.15) is 0 Å². The topological polar surface area (TPSA) is 38.7 Å².